The van der Waals surface area contributed by atoms with Gasteiger partial charge in [-0.3, -0.25) is 14.2 Å². The summed E-state index contributed by atoms with van der Waals surface area (Å²) in [6.45, 7) is 10.2. The normalized spacial score (nSPS) is 12.5. The van der Waals surface area contributed by atoms with Crippen molar-refractivity contribution in [3.63, 3.8) is 0 Å². The van der Waals surface area contributed by atoms with Crippen molar-refractivity contribution in [2.45, 2.75) is 58.2 Å². The van der Waals surface area contributed by atoms with Gasteiger partial charge in [0.05, 0.1) is 11.3 Å². The Morgan fingerprint density at radius 2 is 1.93 bits per heavy atom. The van der Waals surface area contributed by atoms with Crippen LogP contribution in [0.5, 0.6) is 0 Å². The lowest BCUT2D eigenvalue weighted by Crippen LogP contribution is -2.26. The lowest BCUT2D eigenvalue weighted by Gasteiger charge is -2.17. The van der Waals surface area contributed by atoms with Crippen molar-refractivity contribution >= 4 is 34.4 Å². The van der Waals surface area contributed by atoms with Crippen LogP contribution in [0.25, 0.3) is 11.0 Å². The number of rotatable bonds is 7. The Bertz CT molecular complexity index is 1070. The number of fused-ring (bicyclic) bond motifs is 1. The van der Waals surface area contributed by atoms with E-state index < -0.39 is 0 Å². The SMILES string of the molecule is CC[C@@H](C)n1c(SCC(=O)Nc2ccc(C(C)C)cc2)nc2cc(C)[nH]c2c1=O. The van der Waals surface area contributed by atoms with Gasteiger partial charge in [0, 0.05) is 17.4 Å². The van der Waals surface area contributed by atoms with Gasteiger partial charge in [0.2, 0.25) is 5.91 Å². The molecule has 0 aliphatic rings. The average molecular weight is 413 g/mol. The van der Waals surface area contributed by atoms with Crippen LogP contribution in [0.2, 0.25) is 0 Å². The van der Waals surface area contributed by atoms with Crippen molar-refractivity contribution in [2.75, 3.05) is 11.1 Å². The molecule has 0 saturated carbocycles. The Balaban J connectivity index is 1.78. The van der Waals surface area contributed by atoms with E-state index in [4.69, 9.17) is 0 Å². The summed E-state index contributed by atoms with van der Waals surface area (Å²) in [6.07, 6.45) is 0.800. The highest BCUT2D eigenvalue weighted by atomic mass is 32.2. The molecule has 0 bridgehead atoms. The topological polar surface area (TPSA) is 79.8 Å². The van der Waals surface area contributed by atoms with E-state index in [-0.39, 0.29) is 23.3 Å². The molecule has 0 fully saturated rings. The number of thioether (sulfide) groups is 1. The largest absolute Gasteiger partial charge is 0.353 e. The Morgan fingerprint density at radius 1 is 1.24 bits per heavy atom. The van der Waals surface area contributed by atoms with E-state index in [0.29, 0.717) is 22.1 Å². The van der Waals surface area contributed by atoms with Gasteiger partial charge in [0.25, 0.3) is 5.56 Å². The number of amides is 1. The summed E-state index contributed by atoms with van der Waals surface area (Å²) < 4.78 is 1.69. The average Bonchev–Trinajstić information content (AvgIpc) is 3.07. The van der Waals surface area contributed by atoms with E-state index in [2.05, 4.69) is 29.1 Å². The number of aryl methyl sites for hydroxylation is 1. The second-order valence-electron chi connectivity index (χ2n) is 7.65. The minimum atomic E-state index is -0.123. The fraction of sp³-hybridized carbons (Fsp3) is 0.409. The molecule has 0 aliphatic heterocycles. The standard InChI is InChI=1S/C22H28N4O2S/c1-6-15(5)26-21(28)20-18(11-14(4)23-20)25-22(26)29-12-19(27)24-17-9-7-16(8-10-17)13(2)3/h7-11,13,15,23H,6,12H2,1-5H3,(H,24,27)/t15-/m1/s1. The van der Waals surface area contributed by atoms with E-state index in [1.165, 1.54) is 17.3 Å². The number of nitrogens with zero attached hydrogens (tertiary/aromatic N) is 2. The van der Waals surface area contributed by atoms with Crippen molar-refractivity contribution in [2.24, 2.45) is 0 Å². The maximum Gasteiger partial charge on any atom is 0.278 e. The molecule has 0 radical (unpaired) electrons. The minimum Gasteiger partial charge on any atom is -0.353 e. The van der Waals surface area contributed by atoms with Gasteiger partial charge in [-0.05, 0) is 49.9 Å². The van der Waals surface area contributed by atoms with E-state index in [1.54, 1.807) is 4.57 Å². The lowest BCUT2D eigenvalue weighted by molar-refractivity contribution is -0.113. The Labute approximate surface area is 175 Å². The number of hydrogen-bond acceptors (Lipinski definition) is 4. The fourth-order valence-corrected chi connectivity index (χ4v) is 4.04. The van der Waals surface area contributed by atoms with Gasteiger partial charge in [-0.1, -0.05) is 44.7 Å². The number of anilines is 1. The highest BCUT2D eigenvalue weighted by Gasteiger charge is 2.18. The highest BCUT2D eigenvalue weighted by Crippen LogP contribution is 2.23. The molecule has 0 spiro atoms. The van der Waals surface area contributed by atoms with E-state index >= 15 is 0 Å². The predicted octanol–water partition coefficient (Wildman–Crippen LogP) is 4.86. The number of H-pyrrole nitrogens is 1. The minimum absolute atomic E-state index is 0.00264. The lowest BCUT2D eigenvalue weighted by atomic mass is 10.0. The number of carbonyl (C=O) groups is 1. The molecule has 1 atom stereocenters. The Hall–Kier alpha value is -2.54. The summed E-state index contributed by atoms with van der Waals surface area (Å²) >= 11 is 1.29. The molecule has 3 rings (SSSR count). The van der Waals surface area contributed by atoms with Gasteiger partial charge in [-0.25, -0.2) is 4.98 Å². The second kappa shape index (κ2) is 8.86. The van der Waals surface area contributed by atoms with Gasteiger partial charge < -0.3 is 10.3 Å². The number of nitrogens with one attached hydrogen (secondary N) is 2. The van der Waals surface area contributed by atoms with Crippen LogP contribution in [0.15, 0.2) is 40.3 Å². The fourth-order valence-electron chi connectivity index (χ4n) is 3.14. The van der Waals surface area contributed by atoms with Crippen LogP contribution < -0.4 is 10.9 Å². The summed E-state index contributed by atoms with van der Waals surface area (Å²) in [4.78, 5) is 33.2. The number of aromatic nitrogens is 3. The van der Waals surface area contributed by atoms with Crippen LogP contribution in [-0.2, 0) is 4.79 Å². The maximum absolute atomic E-state index is 13.0. The molecule has 6 nitrogen and oxygen atoms in total. The first-order valence-electron chi connectivity index (χ1n) is 9.94. The Morgan fingerprint density at radius 3 is 2.55 bits per heavy atom. The summed E-state index contributed by atoms with van der Waals surface area (Å²) in [6, 6.07) is 9.74. The molecule has 7 heteroatoms. The van der Waals surface area contributed by atoms with Gasteiger partial charge >= 0.3 is 0 Å². The van der Waals surface area contributed by atoms with Gasteiger partial charge in [0.1, 0.15) is 5.52 Å². The summed E-state index contributed by atoms with van der Waals surface area (Å²) in [5.74, 6) is 0.511. The van der Waals surface area contributed by atoms with E-state index in [1.807, 2.05) is 51.1 Å². The zero-order valence-electron chi connectivity index (χ0n) is 17.6. The molecule has 29 heavy (non-hydrogen) atoms. The highest BCUT2D eigenvalue weighted by molar-refractivity contribution is 7.99. The van der Waals surface area contributed by atoms with Crippen LogP contribution in [0.4, 0.5) is 5.69 Å². The molecule has 1 amide bonds. The molecule has 2 heterocycles. The van der Waals surface area contributed by atoms with E-state index in [0.717, 1.165) is 17.8 Å². The Kier molecular flexibility index (Phi) is 6.47. The zero-order chi connectivity index (χ0) is 21.1. The summed E-state index contributed by atoms with van der Waals surface area (Å²) in [5, 5.41) is 3.49. The van der Waals surface area contributed by atoms with Gasteiger partial charge in [0.15, 0.2) is 5.16 Å². The van der Waals surface area contributed by atoms with Crippen molar-refractivity contribution in [1.29, 1.82) is 0 Å². The van der Waals surface area contributed by atoms with Crippen molar-refractivity contribution in [3.8, 4) is 0 Å². The molecule has 0 saturated heterocycles. The van der Waals surface area contributed by atoms with Gasteiger partial charge in [-0.2, -0.15) is 0 Å². The number of aromatic amines is 1. The van der Waals surface area contributed by atoms with Crippen LogP contribution in [0.3, 0.4) is 0 Å². The summed E-state index contributed by atoms with van der Waals surface area (Å²) in [5.41, 5.74) is 3.95. The first-order valence-corrected chi connectivity index (χ1v) is 10.9. The molecule has 3 aromatic rings. The third kappa shape index (κ3) is 4.72. The third-order valence-electron chi connectivity index (χ3n) is 5.01. The molecular formula is C22H28N4O2S. The molecular weight excluding hydrogens is 384 g/mol. The van der Waals surface area contributed by atoms with E-state index in [9.17, 15) is 9.59 Å². The molecule has 154 valence electrons. The second-order valence-corrected chi connectivity index (χ2v) is 8.60. The summed E-state index contributed by atoms with van der Waals surface area (Å²) in [7, 11) is 0. The molecule has 2 N–H and O–H groups in total. The smallest absolute Gasteiger partial charge is 0.278 e. The van der Waals surface area contributed by atoms with Gasteiger partial charge in [-0.15, -0.1) is 0 Å². The molecule has 0 unspecified atom stereocenters. The molecule has 1 aromatic carbocycles. The van der Waals surface area contributed by atoms with Crippen molar-refractivity contribution < 1.29 is 4.79 Å². The van der Waals surface area contributed by atoms with Crippen molar-refractivity contribution in [1.82, 2.24) is 14.5 Å². The molecule has 0 aliphatic carbocycles. The zero-order valence-corrected chi connectivity index (χ0v) is 18.4. The maximum atomic E-state index is 13.0. The first kappa shape index (κ1) is 21.2. The first-order chi connectivity index (χ1) is 13.8. The quantitative estimate of drug-likeness (QED) is 0.429. The van der Waals surface area contributed by atoms with Crippen molar-refractivity contribution in [3.05, 3.63) is 51.9 Å². The molecule has 2 aromatic heterocycles. The van der Waals surface area contributed by atoms with Crippen LogP contribution in [-0.4, -0.2) is 26.2 Å². The van der Waals surface area contributed by atoms with Crippen LogP contribution in [0.1, 0.15) is 57.3 Å². The third-order valence-corrected chi connectivity index (χ3v) is 5.96. The monoisotopic (exact) mass is 412 g/mol. The predicted molar refractivity (Wildman–Crippen MR) is 120 cm³/mol. The number of benzene rings is 1. The number of hydrogen-bond donors (Lipinski definition) is 2. The van der Waals surface area contributed by atoms with Crippen LogP contribution >= 0.6 is 11.8 Å². The number of carbonyl (C=O) groups excluding carboxylic acids is 1. The van der Waals surface area contributed by atoms with Crippen LogP contribution in [0, 0.1) is 6.92 Å².